The molecule has 170 valence electrons. The number of fused-ring (bicyclic) bond motifs is 2. The summed E-state index contributed by atoms with van der Waals surface area (Å²) in [6, 6.07) is 12.8. The van der Waals surface area contributed by atoms with Gasteiger partial charge in [0.15, 0.2) is 0 Å². The molecule has 1 amide bonds. The van der Waals surface area contributed by atoms with Crippen LogP contribution >= 0.6 is 11.6 Å². The van der Waals surface area contributed by atoms with E-state index in [9.17, 15) is 9.90 Å². The van der Waals surface area contributed by atoms with Gasteiger partial charge < -0.3 is 14.7 Å². The molecule has 0 bridgehead atoms. The molecule has 1 saturated heterocycles. The van der Waals surface area contributed by atoms with Gasteiger partial charge in [-0.3, -0.25) is 9.69 Å². The molecule has 3 aliphatic rings. The van der Waals surface area contributed by atoms with Crippen LogP contribution in [0.2, 0.25) is 5.02 Å². The van der Waals surface area contributed by atoms with E-state index in [0.29, 0.717) is 29.8 Å². The molecule has 33 heavy (non-hydrogen) atoms. The Kier molecular flexibility index (Phi) is 6.20. The highest BCUT2D eigenvalue weighted by Gasteiger charge is 2.29. The quantitative estimate of drug-likeness (QED) is 0.720. The zero-order valence-electron chi connectivity index (χ0n) is 18.3. The summed E-state index contributed by atoms with van der Waals surface area (Å²) >= 11 is 5.97. The second kappa shape index (κ2) is 9.41. The minimum Gasteiger partial charge on any atom is -0.508 e. The summed E-state index contributed by atoms with van der Waals surface area (Å²) in [5.74, 6) is 1.82. The Labute approximate surface area is 198 Å². The predicted molar refractivity (Wildman–Crippen MR) is 130 cm³/mol. The van der Waals surface area contributed by atoms with Crippen molar-refractivity contribution < 1.29 is 14.6 Å². The number of aliphatic imine (C=N–C) groups is 1. The summed E-state index contributed by atoms with van der Waals surface area (Å²) in [7, 11) is 0. The molecule has 2 aromatic carbocycles. The molecular formula is C26H26ClN3O3. The van der Waals surface area contributed by atoms with Gasteiger partial charge in [-0.25, -0.2) is 4.99 Å². The predicted octanol–water partition coefficient (Wildman–Crippen LogP) is 4.58. The fourth-order valence-corrected chi connectivity index (χ4v) is 4.79. The molecule has 0 aliphatic carbocycles. The average Bonchev–Trinajstić information content (AvgIpc) is 3.01. The lowest BCUT2D eigenvalue weighted by molar-refractivity contribution is -0.121. The monoisotopic (exact) mass is 463 g/mol. The van der Waals surface area contributed by atoms with Crippen LogP contribution in [0.4, 0.5) is 5.69 Å². The molecule has 5 rings (SSSR count). The highest BCUT2D eigenvalue weighted by Crippen LogP contribution is 2.36. The summed E-state index contributed by atoms with van der Waals surface area (Å²) in [5.41, 5.74) is 2.91. The van der Waals surface area contributed by atoms with Crippen molar-refractivity contribution >= 4 is 29.1 Å². The number of hydrogen-bond donors (Lipinski definition) is 1. The van der Waals surface area contributed by atoms with Gasteiger partial charge in [-0.2, -0.15) is 0 Å². The fraction of sp³-hybridized carbons (Fsp3) is 0.308. The summed E-state index contributed by atoms with van der Waals surface area (Å²) in [5, 5.41) is 10.9. The number of aromatic hydroxyl groups is 1. The number of ether oxygens (including phenoxy) is 1. The number of phenols is 1. The molecule has 3 aliphatic heterocycles. The van der Waals surface area contributed by atoms with E-state index in [4.69, 9.17) is 16.3 Å². The topological polar surface area (TPSA) is 65.4 Å². The summed E-state index contributed by atoms with van der Waals surface area (Å²) in [6.45, 7) is 2.74. The summed E-state index contributed by atoms with van der Waals surface area (Å²) < 4.78 is 6.07. The molecule has 1 fully saturated rings. The van der Waals surface area contributed by atoms with Crippen LogP contribution in [0.1, 0.15) is 18.4 Å². The maximum Gasteiger partial charge on any atom is 0.241 e. The lowest BCUT2D eigenvalue weighted by atomic mass is 9.90. The second-order valence-corrected chi connectivity index (χ2v) is 8.96. The SMILES string of the molecule is O=C1CN(CCC=C2C=CN=C3Oc4cccc(O)c4CCC23)CCN1c1ccc(Cl)cc1. The third-order valence-electron chi connectivity index (χ3n) is 6.44. The van der Waals surface area contributed by atoms with Gasteiger partial charge in [0.1, 0.15) is 11.5 Å². The van der Waals surface area contributed by atoms with E-state index in [1.807, 2.05) is 41.3 Å². The van der Waals surface area contributed by atoms with Crippen LogP contribution in [-0.4, -0.2) is 48.0 Å². The zero-order chi connectivity index (χ0) is 22.8. The molecule has 1 N–H and O–H groups in total. The van der Waals surface area contributed by atoms with Gasteiger partial charge in [-0.15, -0.1) is 0 Å². The Bertz CT molecular complexity index is 1140. The minimum atomic E-state index is 0.0742. The van der Waals surface area contributed by atoms with Crippen molar-refractivity contribution in [2.75, 3.05) is 31.1 Å². The van der Waals surface area contributed by atoms with Crippen LogP contribution in [0.25, 0.3) is 0 Å². The normalized spacial score (nSPS) is 21.8. The Morgan fingerprint density at radius 1 is 1.18 bits per heavy atom. The van der Waals surface area contributed by atoms with Crippen molar-refractivity contribution in [2.45, 2.75) is 19.3 Å². The largest absolute Gasteiger partial charge is 0.508 e. The Hall–Kier alpha value is -3.09. The number of halogens is 1. The third kappa shape index (κ3) is 4.68. The zero-order valence-corrected chi connectivity index (χ0v) is 19.0. The smallest absolute Gasteiger partial charge is 0.241 e. The number of rotatable bonds is 4. The summed E-state index contributed by atoms with van der Waals surface area (Å²) in [6.07, 6.45) is 8.45. The molecule has 0 aromatic heterocycles. The van der Waals surface area contributed by atoms with Gasteiger partial charge in [-0.1, -0.05) is 23.7 Å². The van der Waals surface area contributed by atoms with Gasteiger partial charge in [0.25, 0.3) is 0 Å². The number of benzene rings is 2. The van der Waals surface area contributed by atoms with Crippen molar-refractivity contribution in [1.29, 1.82) is 0 Å². The van der Waals surface area contributed by atoms with E-state index in [1.54, 1.807) is 18.3 Å². The molecule has 0 spiro atoms. The van der Waals surface area contributed by atoms with E-state index in [2.05, 4.69) is 16.0 Å². The maximum absolute atomic E-state index is 12.7. The molecule has 0 radical (unpaired) electrons. The van der Waals surface area contributed by atoms with E-state index in [0.717, 1.165) is 43.6 Å². The number of amides is 1. The van der Waals surface area contributed by atoms with Crippen LogP contribution in [0.3, 0.4) is 0 Å². The molecule has 1 unspecified atom stereocenters. The lowest BCUT2D eigenvalue weighted by Crippen LogP contribution is -2.50. The first-order valence-electron chi connectivity index (χ1n) is 11.3. The highest BCUT2D eigenvalue weighted by atomic mass is 35.5. The number of piperazine rings is 1. The number of carbonyl (C=O) groups is 1. The fourth-order valence-electron chi connectivity index (χ4n) is 4.67. The molecular weight excluding hydrogens is 438 g/mol. The highest BCUT2D eigenvalue weighted by molar-refractivity contribution is 6.30. The molecule has 7 heteroatoms. The van der Waals surface area contributed by atoms with Crippen molar-refractivity contribution in [1.82, 2.24) is 4.90 Å². The van der Waals surface area contributed by atoms with Gasteiger partial charge in [0, 0.05) is 42.1 Å². The van der Waals surface area contributed by atoms with E-state index in [-0.39, 0.29) is 17.6 Å². The van der Waals surface area contributed by atoms with E-state index in [1.165, 1.54) is 5.57 Å². The lowest BCUT2D eigenvalue weighted by Gasteiger charge is -2.34. The molecule has 6 nitrogen and oxygen atoms in total. The van der Waals surface area contributed by atoms with Crippen molar-refractivity contribution in [2.24, 2.45) is 10.9 Å². The van der Waals surface area contributed by atoms with Gasteiger partial charge in [-0.05, 0) is 67.3 Å². The van der Waals surface area contributed by atoms with Gasteiger partial charge in [0.05, 0.1) is 12.5 Å². The number of hydrogen-bond acceptors (Lipinski definition) is 5. The Morgan fingerprint density at radius 2 is 2.03 bits per heavy atom. The number of allylic oxidation sites excluding steroid dienone is 1. The minimum absolute atomic E-state index is 0.0742. The average molecular weight is 464 g/mol. The number of carbonyl (C=O) groups excluding carboxylic acids is 1. The number of nitrogens with zero attached hydrogens (tertiary/aromatic N) is 3. The van der Waals surface area contributed by atoms with Crippen LogP contribution in [0.15, 0.2) is 71.4 Å². The molecule has 2 aromatic rings. The van der Waals surface area contributed by atoms with Crippen LogP contribution in [0, 0.1) is 5.92 Å². The first kappa shape index (κ1) is 21.7. The van der Waals surface area contributed by atoms with Crippen LogP contribution < -0.4 is 9.64 Å². The van der Waals surface area contributed by atoms with Crippen molar-refractivity contribution in [3.8, 4) is 11.5 Å². The summed E-state index contributed by atoms with van der Waals surface area (Å²) in [4.78, 5) is 21.2. The standard InChI is InChI=1S/C26H26ClN3O3/c27-19-6-8-20(9-7-19)30-16-15-29(17-25(30)32)14-2-3-18-12-13-28-26-21(18)10-11-22-23(31)4-1-5-24(22)33-26/h1,3-9,12-13,21,31H,2,10-11,14-17H2. The van der Waals surface area contributed by atoms with E-state index >= 15 is 0 Å². The second-order valence-electron chi connectivity index (χ2n) is 8.52. The molecule has 1 atom stereocenters. The number of anilines is 1. The van der Waals surface area contributed by atoms with Crippen LogP contribution in [-0.2, 0) is 11.2 Å². The molecule has 3 heterocycles. The van der Waals surface area contributed by atoms with Gasteiger partial charge >= 0.3 is 0 Å². The first-order chi connectivity index (χ1) is 16.1. The Morgan fingerprint density at radius 3 is 2.85 bits per heavy atom. The third-order valence-corrected chi connectivity index (χ3v) is 6.69. The van der Waals surface area contributed by atoms with Crippen molar-refractivity contribution in [3.63, 3.8) is 0 Å². The maximum atomic E-state index is 12.7. The first-order valence-corrected chi connectivity index (χ1v) is 11.7. The Balaban J connectivity index is 1.19. The molecule has 0 saturated carbocycles. The number of phenolic OH excluding ortho intramolecular Hbond substituents is 1. The van der Waals surface area contributed by atoms with Gasteiger partial charge in [0.2, 0.25) is 11.8 Å². The van der Waals surface area contributed by atoms with Crippen LogP contribution in [0.5, 0.6) is 11.5 Å². The van der Waals surface area contributed by atoms with Crippen molar-refractivity contribution in [3.05, 3.63) is 77.0 Å². The van der Waals surface area contributed by atoms with E-state index < -0.39 is 0 Å².